The van der Waals surface area contributed by atoms with Crippen LogP contribution in [0.15, 0.2) is 60.7 Å². The molecular formula is C19H15N3O3S3. The van der Waals surface area contributed by atoms with Crippen molar-refractivity contribution < 1.29 is 13.2 Å². The summed E-state index contributed by atoms with van der Waals surface area (Å²) in [7, 11) is -3.33. The number of hydrogen-bond donors (Lipinski definition) is 2. The van der Waals surface area contributed by atoms with Crippen molar-refractivity contribution in [1.82, 2.24) is 4.98 Å². The molecule has 142 valence electrons. The van der Waals surface area contributed by atoms with E-state index in [0.717, 1.165) is 26.4 Å². The molecular weight excluding hydrogens is 414 g/mol. The van der Waals surface area contributed by atoms with Gasteiger partial charge in [-0.3, -0.25) is 9.52 Å². The van der Waals surface area contributed by atoms with Crippen molar-refractivity contribution in [2.45, 2.75) is 0 Å². The predicted octanol–water partition coefficient (Wildman–Crippen LogP) is 4.65. The van der Waals surface area contributed by atoms with Crippen LogP contribution >= 0.6 is 22.7 Å². The van der Waals surface area contributed by atoms with Crippen molar-refractivity contribution >= 4 is 60.2 Å². The van der Waals surface area contributed by atoms with E-state index in [0.29, 0.717) is 16.3 Å². The number of hydrogen-bond acceptors (Lipinski definition) is 6. The zero-order valence-corrected chi connectivity index (χ0v) is 17.1. The van der Waals surface area contributed by atoms with E-state index in [9.17, 15) is 13.2 Å². The summed E-state index contributed by atoms with van der Waals surface area (Å²) in [6.07, 6.45) is 1.09. The number of nitrogens with zero attached hydrogens (tertiary/aromatic N) is 1. The fourth-order valence-electron chi connectivity index (χ4n) is 2.58. The average molecular weight is 430 g/mol. The van der Waals surface area contributed by atoms with Crippen molar-refractivity contribution in [3.63, 3.8) is 0 Å². The summed E-state index contributed by atoms with van der Waals surface area (Å²) >= 11 is 2.98. The van der Waals surface area contributed by atoms with Crippen LogP contribution in [0.4, 0.5) is 11.4 Å². The number of aromatic nitrogens is 1. The van der Waals surface area contributed by atoms with Crippen LogP contribution < -0.4 is 10.0 Å². The minimum Gasteiger partial charge on any atom is -0.321 e. The van der Waals surface area contributed by atoms with Crippen molar-refractivity contribution in [2.24, 2.45) is 0 Å². The second kappa shape index (κ2) is 7.34. The number of thiazole rings is 1. The Morgan fingerprint density at radius 1 is 0.929 bits per heavy atom. The number of thiophene rings is 1. The molecule has 0 saturated carbocycles. The van der Waals surface area contributed by atoms with E-state index in [1.807, 2.05) is 30.3 Å². The van der Waals surface area contributed by atoms with E-state index in [-0.39, 0.29) is 5.91 Å². The van der Waals surface area contributed by atoms with E-state index < -0.39 is 10.0 Å². The number of fused-ring (bicyclic) bond motifs is 1. The van der Waals surface area contributed by atoms with Gasteiger partial charge < -0.3 is 5.32 Å². The van der Waals surface area contributed by atoms with Gasteiger partial charge in [0.05, 0.1) is 26.2 Å². The highest BCUT2D eigenvalue weighted by Crippen LogP contribution is 2.34. The van der Waals surface area contributed by atoms with Gasteiger partial charge in [0.15, 0.2) is 0 Å². The number of para-hydroxylation sites is 1. The van der Waals surface area contributed by atoms with Gasteiger partial charge in [0.25, 0.3) is 5.91 Å². The third-order valence-electron chi connectivity index (χ3n) is 3.78. The second-order valence-electron chi connectivity index (χ2n) is 6.06. The first-order valence-corrected chi connectivity index (χ1v) is 11.7. The molecule has 0 atom stereocenters. The van der Waals surface area contributed by atoms with Gasteiger partial charge in [0, 0.05) is 11.4 Å². The molecule has 0 bridgehead atoms. The number of rotatable bonds is 5. The summed E-state index contributed by atoms with van der Waals surface area (Å²) in [5.74, 6) is -0.221. The molecule has 2 aromatic carbocycles. The van der Waals surface area contributed by atoms with Crippen LogP contribution in [0.2, 0.25) is 0 Å². The van der Waals surface area contributed by atoms with Gasteiger partial charge in [0.2, 0.25) is 10.0 Å². The van der Waals surface area contributed by atoms with E-state index >= 15 is 0 Å². The minimum atomic E-state index is -3.33. The smallest absolute Gasteiger partial charge is 0.265 e. The Kier molecular flexibility index (Phi) is 4.88. The Balaban J connectivity index is 1.48. The number of carbonyl (C=O) groups excluding carboxylic acids is 1. The third kappa shape index (κ3) is 4.22. The molecule has 0 saturated heterocycles. The molecule has 4 aromatic rings. The molecule has 2 heterocycles. The first-order chi connectivity index (χ1) is 13.4. The van der Waals surface area contributed by atoms with Gasteiger partial charge in [-0.25, -0.2) is 13.4 Å². The molecule has 0 aliphatic carbocycles. The Labute approximate surface area is 169 Å². The van der Waals surface area contributed by atoms with E-state index in [2.05, 4.69) is 15.0 Å². The first-order valence-electron chi connectivity index (χ1n) is 8.22. The molecule has 1 amide bonds. The van der Waals surface area contributed by atoms with Crippen LogP contribution in [-0.2, 0) is 10.0 Å². The summed E-state index contributed by atoms with van der Waals surface area (Å²) in [5, 5.41) is 3.71. The summed E-state index contributed by atoms with van der Waals surface area (Å²) < 4.78 is 26.0. The Morgan fingerprint density at radius 3 is 2.36 bits per heavy atom. The highest BCUT2D eigenvalue weighted by atomic mass is 32.2. The maximum atomic E-state index is 12.5. The van der Waals surface area contributed by atoms with Gasteiger partial charge in [-0.1, -0.05) is 12.1 Å². The van der Waals surface area contributed by atoms with E-state index in [1.54, 1.807) is 41.7 Å². The van der Waals surface area contributed by atoms with Crippen LogP contribution in [0.1, 0.15) is 9.67 Å². The molecule has 6 nitrogen and oxygen atoms in total. The number of sulfonamides is 1. The third-order valence-corrected chi connectivity index (χ3v) is 6.68. The van der Waals surface area contributed by atoms with Crippen LogP contribution in [0, 0.1) is 0 Å². The van der Waals surface area contributed by atoms with Gasteiger partial charge in [-0.15, -0.1) is 22.7 Å². The molecule has 0 aliphatic heterocycles. The summed E-state index contributed by atoms with van der Waals surface area (Å²) in [4.78, 5) is 18.7. The predicted molar refractivity (Wildman–Crippen MR) is 116 cm³/mol. The van der Waals surface area contributed by atoms with Crippen molar-refractivity contribution in [3.05, 3.63) is 65.5 Å². The van der Waals surface area contributed by atoms with Gasteiger partial charge in [0.1, 0.15) is 5.01 Å². The quantitative estimate of drug-likeness (QED) is 0.483. The normalized spacial score (nSPS) is 11.5. The van der Waals surface area contributed by atoms with Crippen molar-refractivity contribution in [3.8, 4) is 9.88 Å². The topological polar surface area (TPSA) is 88.2 Å². The molecule has 2 N–H and O–H groups in total. The van der Waals surface area contributed by atoms with Gasteiger partial charge in [-0.05, 0) is 48.5 Å². The first kappa shape index (κ1) is 18.6. The molecule has 0 aliphatic rings. The SMILES string of the molecule is CS(=O)(=O)Nc1ccc(NC(=O)c2ccc(-c3nc4ccccc4s3)s2)cc1. The number of benzene rings is 2. The zero-order chi connectivity index (χ0) is 19.7. The Hall–Kier alpha value is -2.75. The minimum absolute atomic E-state index is 0.221. The Bertz CT molecular complexity index is 1230. The summed E-state index contributed by atoms with van der Waals surface area (Å²) in [6.45, 7) is 0. The maximum Gasteiger partial charge on any atom is 0.265 e. The Morgan fingerprint density at radius 2 is 1.64 bits per heavy atom. The number of carbonyl (C=O) groups is 1. The van der Waals surface area contributed by atoms with E-state index in [4.69, 9.17) is 0 Å². The highest BCUT2D eigenvalue weighted by Gasteiger charge is 2.13. The lowest BCUT2D eigenvalue weighted by molar-refractivity contribution is 0.103. The van der Waals surface area contributed by atoms with Crippen molar-refractivity contribution in [2.75, 3.05) is 16.3 Å². The fourth-order valence-corrected chi connectivity index (χ4v) is 5.07. The van der Waals surface area contributed by atoms with Gasteiger partial charge in [-0.2, -0.15) is 0 Å². The summed E-state index contributed by atoms with van der Waals surface area (Å²) in [6, 6.07) is 18.1. The van der Waals surface area contributed by atoms with E-state index in [1.165, 1.54) is 11.3 Å². The lowest BCUT2D eigenvalue weighted by Crippen LogP contribution is -2.11. The zero-order valence-electron chi connectivity index (χ0n) is 14.7. The highest BCUT2D eigenvalue weighted by molar-refractivity contribution is 7.92. The fraction of sp³-hybridized carbons (Fsp3) is 0.0526. The van der Waals surface area contributed by atoms with Gasteiger partial charge >= 0.3 is 0 Å². The molecule has 0 spiro atoms. The summed E-state index contributed by atoms with van der Waals surface area (Å²) in [5.41, 5.74) is 1.97. The molecule has 9 heteroatoms. The second-order valence-corrected chi connectivity index (χ2v) is 9.92. The number of nitrogens with one attached hydrogen (secondary N) is 2. The van der Waals surface area contributed by atoms with Crippen LogP contribution in [0.3, 0.4) is 0 Å². The molecule has 0 radical (unpaired) electrons. The van der Waals surface area contributed by atoms with Crippen LogP contribution in [0.25, 0.3) is 20.1 Å². The average Bonchev–Trinajstić information content (AvgIpc) is 3.29. The lowest BCUT2D eigenvalue weighted by atomic mass is 10.3. The monoisotopic (exact) mass is 429 g/mol. The lowest BCUT2D eigenvalue weighted by Gasteiger charge is -2.06. The maximum absolute atomic E-state index is 12.5. The largest absolute Gasteiger partial charge is 0.321 e. The standard InChI is InChI=1S/C19H15N3O3S3/c1-28(24,25)22-13-8-6-12(7-9-13)20-18(23)16-10-11-17(26-16)19-21-14-4-2-3-5-15(14)27-19/h2-11,22H,1H3,(H,20,23). The molecule has 4 rings (SSSR count). The number of amides is 1. The number of anilines is 2. The molecule has 2 aromatic heterocycles. The molecule has 0 fully saturated rings. The molecule has 0 unspecified atom stereocenters. The van der Waals surface area contributed by atoms with Crippen LogP contribution in [0.5, 0.6) is 0 Å². The van der Waals surface area contributed by atoms with Crippen LogP contribution in [-0.4, -0.2) is 25.6 Å². The molecule has 28 heavy (non-hydrogen) atoms. The van der Waals surface area contributed by atoms with Crippen molar-refractivity contribution in [1.29, 1.82) is 0 Å².